The predicted molar refractivity (Wildman–Crippen MR) is 94.7 cm³/mol. The van der Waals surface area contributed by atoms with Crippen LogP contribution in [0, 0.1) is 19.8 Å². The van der Waals surface area contributed by atoms with Crippen molar-refractivity contribution in [3.63, 3.8) is 0 Å². The van der Waals surface area contributed by atoms with Crippen molar-refractivity contribution in [2.75, 3.05) is 26.2 Å². The summed E-state index contributed by atoms with van der Waals surface area (Å²) in [6.07, 6.45) is 4.35. The lowest BCUT2D eigenvalue weighted by Gasteiger charge is -2.22. The molecule has 130 valence electrons. The maximum absolute atomic E-state index is 12.5. The molecule has 1 aromatic carbocycles. The van der Waals surface area contributed by atoms with E-state index in [0.29, 0.717) is 25.4 Å². The molecule has 4 heteroatoms. The Morgan fingerprint density at radius 2 is 1.75 bits per heavy atom. The van der Waals surface area contributed by atoms with Gasteiger partial charge >= 0.3 is 0 Å². The van der Waals surface area contributed by atoms with Gasteiger partial charge in [-0.15, -0.1) is 0 Å². The van der Waals surface area contributed by atoms with Crippen LogP contribution in [-0.4, -0.2) is 47.8 Å². The fourth-order valence-electron chi connectivity index (χ4n) is 3.50. The Bertz CT molecular complexity index is 622. The van der Waals surface area contributed by atoms with Gasteiger partial charge in [0, 0.05) is 38.5 Å². The lowest BCUT2D eigenvalue weighted by atomic mass is 10.0. The van der Waals surface area contributed by atoms with Crippen LogP contribution in [-0.2, 0) is 16.0 Å². The van der Waals surface area contributed by atoms with Crippen LogP contribution >= 0.6 is 0 Å². The Morgan fingerprint density at radius 3 is 2.46 bits per heavy atom. The van der Waals surface area contributed by atoms with Crippen LogP contribution in [0.1, 0.15) is 42.4 Å². The molecule has 1 saturated carbocycles. The van der Waals surface area contributed by atoms with Crippen LogP contribution < -0.4 is 0 Å². The number of nitrogens with zero attached hydrogens (tertiary/aromatic N) is 2. The summed E-state index contributed by atoms with van der Waals surface area (Å²) in [6, 6.07) is 6.42. The van der Waals surface area contributed by atoms with Crippen molar-refractivity contribution in [3.8, 4) is 0 Å². The number of hydrogen-bond acceptors (Lipinski definition) is 2. The molecule has 0 spiro atoms. The standard InChI is InChI=1S/C20H28N2O2/c1-15-4-5-17(16(2)14-15)8-9-19(23)21-10-3-11-22(13-12-21)20(24)18-6-7-18/h4-5,14,18H,3,6-13H2,1-2H3. The van der Waals surface area contributed by atoms with Gasteiger partial charge in [-0.25, -0.2) is 0 Å². The average molecular weight is 328 g/mol. The third-order valence-corrected chi connectivity index (χ3v) is 5.19. The number of carbonyl (C=O) groups is 2. The largest absolute Gasteiger partial charge is 0.341 e. The molecular weight excluding hydrogens is 300 g/mol. The van der Waals surface area contributed by atoms with Crippen LogP contribution in [0.5, 0.6) is 0 Å². The summed E-state index contributed by atoms with van der Waals surface area (Å²) < 4.78 is 0. The van der Waals surface area contributed by atoms with Gasteiger partial charge in [0.1, 0.15) is 0 Å². The van der Waals surface area contributed by atoms with Gasteiger partial charge in [-0.3, -0.25) is 9.59 Å². The first kappa shape index (κ1) is 17.0. The molecule has 1 saturated heterocycles. The third-order valence-electron chi connectivity index (χ3n) is 5.19. The van der Waals surface area contributed by atoms with Gasteiger partial charge in [0.05, 0.1) is 0 Å². The zero-order valence-electron chi connectivity index (χ0n) is 14.9. The number of rotatable bonds is 4. The minimum Gasteiger partial charge on any atom is -0.341 e. The molecule has 4 nitrogen and oxygen atoms in total. The second-order valence-corrected chi connectivity index (χ2v) is 7.26. The zero-order valence-corrected chi connectivity index (χ0v) is 14.9. The van der Waals surface area contributed by atoms with Gasteiger partial charge < -0.3 is 9.80 Å². The van der Waals surface area contributed by atoms with Crippen LogP contribution in [0.2, 0.25) is 0 Å². The second-order valence-electron chi connectivity index (χ2n) is 7.26. The van der Waals surface area contributed by atoms with Crippen molar-refractivity contribution in [2.45, 2.75) is 46.0 Å². The highest BCUT2D eigenvalue weighted by Crippen LogP contribution is 2.31. The van der Waals surface area contributed by atoms with Gasteiger partial charge in [0.25, 0.3) is 0 Å². The number of benzene rings is 1. The van der Waals surface area contributed by atoms with Crippen molar-refractivity contribution < 1.29 is 9.59 Å². The molecule has 0 bridgehead atoms. The molecular formula is C20H28N2O2. The molecule has 1 aliphatic heterocycles. The number of hydrogen-bond donors (Lipinski definition) is 0. The highest BCUT2D eigenvalue weighted by Gasteiger charge is 2.34. The van der Waals surface area contributed by atoms with E-state index in [1.54, 1.807) is 0 Å². The van der Waals surface area contributed by atoms with Crippen LogP contribution in [0.4, 0.5) is 0 Å². The normalized spacial score (nSPS) is 18.4. The van der Waals surface area contributed by atoms with Crippen molar-refractivity contribution >= 4 is 11.8 Å². The molecule has 0 radical (unpaired) electrons. The molecule has 1 aromatic rings. The molecule has 1 aliphatic carbocycles. The van der Waals surface area contributed by atoms with E-state index in [0.717, 1.165) is 38.8 Å². The van der Waals surface area contributed by atoms with E-state index >= 15 is 0 Å². The van der Waals surface area contributed by atoms with E-state index in [1.807, 2.05) is 9.80 Å². The van der Waals surface area contributed by atoms with Gasteiger partial charge in [0.2, 0.25) is 11.8 Å². The SMILES string of the molecule is Cc1ccc(CCC(=O)N2CCCN(C(=O)C3CC3)CC2)c(C)c1. The van der Waals surface area contributed by atoms with Crippen molar-refractivity contribution in [2.24, 2.45) is 5.92 Å². The van der Waals surface area contributed by atoms with Crippen LogP contribution in [0.15, 0.2) is 18.2 Å². The Morgan fingerprint density at radius 1 is 1.04 bits per heavy atom. The highest BCUT2D eigenvalue weighted by atomic mass is 16.2. The molecule has 2 aliphatic rings. The molecule has 1 heterocycles. The van der Waals surface area contributed by atoms with Crippen molar-refractivity contribution in [3.05, 3.63) is 34.9 Å². The maximum atomic E-state index is 12.5. The Hall–Kier alpha value is -1.84. The Labute approximate surface area is 144 Å². The van der Waals surface area contributed by atoms with E-state index < -0.39 is 0 Å². The van der Waals surface area contributed by atoms with E-state index in [1.165, 1.54) is 16.7 Å². The first-order chi connectivity index (χ1) is 11.5. The number of carbonyl (C=O) groups excluding carboxylic acids is 2. The maximum Gasteiger partial charge on any atom is 0.225 e. The first-order valence-electron chi connectivity index (χ1n) is 9.17. The van der Waals surface area contributed by atoms with Gasteiger partial charge in [0.15, 0.2) is 0 Å². The Balaban J connectivity index is 1.50. The lowest BCUT2D eigenvalue weighted by molar-refractivity contribution is -0.134. The van der Waals surface area contributed by atoms with Gasteiger partial charge in [-0.1, -0.05) is 23.8 Å². The summed E-state index contributed by atoms with van der Waals surface area (Å²) in [5.41, 5.74) is 3.78. The summed E-state index contributed by atoms with van der Waals surface area (Å²) in [6.45, 7) is 7.17. The highest BCUT2D eigenvalue weighted by molar-refractivity contribution is 5.81. The lowest BCUT2D eigenvalue weighted by Crippen LogP contribution is -2.38. The fourth-order valence-corrected chi connectivity index (χ4v) is 3.50. The smallest absolute Gasteiger partial charge is 0.225 e. The average Bonchev–Trinajstić information content (AvgIpc) is 3.39. The van der Waals surface area contributed by atoms with E-state index in [-0.39, 0.29) is 11.8 Å². The van der Waals surface area contributed by atoms with E-state index in [9.17, 15) is 9.59 Å². The number of amides is 2. The van der Waals surface area contributed by atoms with Crippen LogP contribution in [0.3, 0.4) is 0 Å². The van der Waals surface area contributed by atoms with Crippen LogP contribution in [0.25, 0.3) is 0 Å². The minimum atomic E-state index is 0.218. The molecule has 24 heavy (non-hydrogen) atoms. The molecule has 2 fully saturated rings. The molecule has 0 N–H and O–H groups in total. The minimum absolute atomic E-state index is 0.218. The molecule has 2 amide bonds. The quantitative estimate of drug-likeness (QED) is 0.853. The predicted octanol–water partition coefficient (Wildman–Crippen LogP) is 2.71. The van der Waals surface area contributed by atoms with Gasteiger partial charge in [-0.2, -0.15) is 0 Å². The van der Waals surface area contributed by atoms with Crippen molar-refractivity contribution in [1.29, 1.82) is 0 Å². The molecule has 0 unspecified atom stereocenters. The third kappa shape index (κ3) is 4.16. The summed E-state index contributed by atoms with van der Waals surface area (Å²) >= 11 is 0. The topological polar surface area (TPSA) is 40.6 Å². The summed E-state index contributed by atoms with van der Waals surface area (Å²) in [5.74, 6) is 0.798. The summed E-state index contributed by atoms with van der Waals surface area (Å²) in [7, 11) is 0. The molecule has 0 atom stereocenters. The fraction of sp³-hybridized carbons (Fsp3) is 0.600. The van der Waals surface area contributed by atoms with E-state index in [2.05, 4.69) is 32.0 Å². The summed E-state index contributed by atoms with van der Waals surface area (Å²) in [5, 5.41) is 0. The molecule has 3 rings (SSSR count). The molecule has 0 aromatic heterocycles. The second kappa shape index (κ2) is 7.37. The monoisotopic (exact) mass is 328 g/mol. The van der Waals surface area contributed by atoms with Crippen molar-refractivity contribution in [1.82, 2.24) is 9.80 Å². The zero-order chi connectivity index (χ0) is 17.1. The number of aryl methyl sites for hydroxylation is 3. The summed E-state index contributed by atoms with van der Waals surface area (Å²) in [4.78, 5) is 28.7. The van der Waals surface area contributed by atoms with Gasteiger partial charge in [-0.05, 0) is 50.7 Å². The van der Waals surface area contributed by atoms with E-state index in [4.69, 9.17) is 0 Å². The first-order valence-corrected chi connectivity index (χ1v) is 9.17. The Kier molecular flexibility index (Phi) is 5.22.